The largest absolute Gasteiger partial charge is 0.445 e. The number of Topliss-reactive ketones (excluding diaryl/α,β-unsaturated/α-hetero) is 1. The smallest absolute Gasteiger partial charge is 0.408 e. The number of fused-ring (bicyclic) bond motifs is 1. The van der Waals surface area contributed by atoms with Gasteiger partial charge in [0.05, 0.1) is 18.3 Å². The van der Waals surface area contributed by atoms with Crippen LogP contribution >= 0.6 is 0 Å². The van der Waals surface area contributed by atoms with Crippen LogP contribution < -0.4 is 16.0 Å². The topological polar surface area (TPSA) is 134 Å². The van der Waals surface area contributed by atoms with E-state index >= 15 is 0 Å². The average Bonchev–Trinajstić information content (AvgIpc) is 3.05. The van der Waals surface area contributed by atoms with Crippen LogP contribution in [0.3, 0.4) is 0 Å². The summed E-state index contributed by atoms with van der Waals surface area (Å²) in [5.41, 5.74) is 1.28. The van der Waals surface area contributed by atoms with Crippen molar-refractivity contribution in [3.8, 4) is 0 Å². The number of ether oxygens (including phenoxy) is 1. The second kappa shape index (κ2) is 14.8. The third kappa shape index (κ3) is 9.43. The number of nitrogens with zero attached hydrogens (tertiary/aromatic N) is 1. The molecule has 0 bridgehead atoms. The predicted molar refractivity (Wildman–Crippen MR) is 158 cm³/mol. The van der Waals surface area contributed by atoms with Crippen molar-refractivity contribution in [1.82, 2.24) is 14.9 Å². The van der Waals surface area contributed by atoms with Crippen LogP contribution in [0.5, 0.6) is 0 Å². The number of para-hydroxylation sites is 1. The Hall–Kier alpha value is -3.70. The minimum Gasteiger partial charge on any atom is -0.445 e. The van der Waals surface area contributed by atoms with Crippen LogP contribution in [0.2, 0.25) is 0 Å². The number of hydrogen-bond acceptors (Lipinski definition) is 7. The standard InChI is InChI=1S/C30H40N4O6S/c1-21(2)14-15-25(33-30(37)40-20-23-10-6-5-7-11-23)29(36)32-26(18-22(3)4)27(35)19-34-17-16-31-24-12-8-9-13-28(24)41(34,38)39/h5-15,21-22,25-26,31H,16-20H2,1-4H3,(H,32,36)(H,33,37)/b15-14+/t25?,26-/m0/s1. The van der Waals surface area contributed by atoms with Crippen molar-refractivity contribution in [2.75, 3.05) is 25.0 Å². The minimum atomic E-state index is -3.93. The Labute approximate surface area is 242 Å². The maximum atomic E-state index is 13.5. The first kappa shape index (κ1) is 31.8. The first-order valence-electron chi connectivity index (χ1n) is 13.8. The summed E-state index contributed by atoms with van der Waals surface area (Å²) in [6.45, 7) is 7.75. The van der Waals surface area contributed by atoms with E-state index in [1.807, 2.05) is 58.0 Å². The van der Waals surface area contributed by atoms with Gasteiger partial charge in [-0.25, -0.2) is 13.2 Å². The van der Waals surface area contributed by atoms with Crippen molar-refractivity contribution in [2.24, 2.45) is 11.8 Å². The number of carbonyl (C=O) groups excluding carboxylic acids is 3. The molecule has 0 fully saturated rings. The summed E-state index contributed by atoms with van der Waals surface area (Å²) in [6.07, 6.45) is 2.85. The Morgan fingerprint density at radius 3 is 2.34 bits per heavy atom. The fourth-order valence-corrected chi connectivity index (χ4v) is 5.87. The highest BCUT2D eigenvalue weighted by Gasteiger charge is 2.34. The molecule has 41 heavy (non-hydrogen) atoms. The number of rotatable bonds is 12. The normalized spacial score (nSPS) is 16.3. The van der Waals surface area contributed by atoms with Crippen molar-refractivity contribution < 1.29 is 27.5 Å². The number of ketones is 1. The molecule has 2 aromatic rings. The Morgan fingerprint density at radius 2 is 1.66 bits per heavy atom. The van der Waals surface area contributed by atoms with Crippen molar-refractivity contribution in [1.29, 1.82) is 0 Å². The van der Waals surface area contributed by atoms with Gasteiger partial charge in [0.1, 0.15) is 17.5 Å². The van der Waals surface area contributed by atoms with E-state index in [0.717, 1.165) is 9.87 Å². The zero-order chi connectivity index (χ0) is 30.0. The second-order valence-electron chi connectivity index (χ2n) is 10.7. The van der Waals surface area contributed by atoms with Gasteiger partial charge in [0.15, 0.2) is 5.78 Å². The molecule has 0 radical (unpaired) electrons. The van der Waals surface area contributed by atoms with E-state index in [9.17, 15) is 22.8 Å². The molecule has 0 aromatic heterocycles. The highest BCUT2D eigenvalue weighted by Crippen LogP contribution is 2.26. The maximum absolute atomic E-state index is 13.5. The quantitative estimate of drug-likeness (QED) is 0.324. The van der Waals surface area contributed by atoms with Crippen LogP contribution in [0.15, 0.2) is 71.6 Å². The van der Waals surface area contributed by atoms with Crippen LogP contribution in [0, 0.1) is 11.8 Å². The van der Waals surface area contributed by atoms with Gasteiger partial charge in [0.25, 0.3) is 0 Å². The Balaban J connectivity index is 1.73. The van der Waals surface area contributed by atoms with Gasteiger partial charge in [-0.3, -0.25) is 9.59 Å². The maximum Gasteiger partial charge on any atom is 0.408 e. The van der Waals surface area contributed by atoms with Gasteiger partial charge in [-0.05, 0) is 36.0 Å². The van der Waals surface area contributed by atoms with E-state index < -0.39 is 46.4 Å². The van der Waals surface area contributed by atoms with Crippen molar-refractivity contribution in [3.63, 3.8) is 0 Å². The predicted octanol–water partition coefficient (Wildman–Crippen LogP) is 3.71. The summed E-state index contributed by atoms with van der Waals surface area (Å²) in [5.74, 6) is -0.900. The van der Waals surface area contributed by atoms with Crippen molar-refractivity contribution >= 4 is 33.5 Å². The molecule has 0 saturated heterocycles. The number of benzene rings is 2. The molecule has 1 aliphatic rings. The van der Waals surface area contributed by atoms with Gasteiger partial charge in [-0.2, -0.15) is 4.31 Å². The second-order valence-corrected chi connectivity index (χ2v) is 12.6. The van der Waals surface area contributed by atoms with E-state index in [0.29, 0.717) is 18.7 Å². The third-order valence-corrected chi connectivity index (χ3v) is 8.29. The number of hydrogen-bond donors (Lipinski definition) is 3. The minimum absolute atomic E-state index is 0.0286. The fourth-order valence-electron chi connectivity index (χ4n) is 4.29. The van der Waals surface area contributed by atoms with Gasteiger partial charge in [0.2, 0.25) is 15.9 Å². The molecule has 1 unspecified atom stereocenters. The van der Waals surface area contributed by atoms with Crippen molar-refractivity contribution in [3.05, 3.63) is 72.3 Å². The van der Waals surface area contributed by atoms with E-state index in [2.05, 4.69) is 16.0 Å². The molecule has 3 N–H and O–H groups in total. The van der Waals surface area contributed by atoms with Gasteiger partial charge >= 0.3 is 6.09 Å². The Kier molecular flexibility index (Phi) is 11.5. The van der Waals surface area contributed by atoms with Crippen LogP contribution in [-0.4, -0.2) is 62.2 Å². The molecular weight excluding hydrogens is 544 g/mol. The molecule has 2 amide bonds. The molecule has 0 aliphatic carbocycles. The summed E-state index contributed by atoms with van der Waals surface area (Å²) >= 11 is 0. The zero-order valence-electron chi connectivity index (χ0n) is 24.0. The first-order valence-corrected chi connectivity index (χ1v) is 15.2. The van der Waals surface area contributed by atoms with Gasteiger partial charge in [-0.15, -0.1) is 0 Å². The summed E-state index contributed by atoms with van der Waals surface area (Å²) in [6, 6.07) is 13.7. The first-order chi connectivity index (χ1) is 19.5. The molecule has 2 aromatic carbocycles. The van der Waals surface area contributed by atoms with Crippen LogP contribution in [0.1, 0.15) is 39.7 Å². The molecule has 11 heteroatoms. The molecule has 1 heterocycles. The molecule has 2 atom stereocenters. The lowest BCUT2D eigenvalue weighted by atomic mass is 9.99. The summed E-state index contributed by atoms with van der Waals surface area (Å²) in [4.78, 5) is 39.5. The molecule has 10 nitrogen and oxygen atoms in total. The van der Waals surface area contributed by atoms with Crippen LogP contribution in [0.4, 0.5) is 10.5 Å². The number of alkyl carbamates (subject to hydrolysis) is 1. The Morgan fingerprint density at radius 1 is 0.976 bits per heavy atom. The fraction of sp³-hybridized carbons (Fsp3) is 0.433. The molecular formula is C30H40N4O6S. The molecule has 0 spiro atoms. The zero-order valence-corrected chi connectivity index (χ0v) is 24.8. The number of nitrogens with one attached hydrogen (secondary N) is 3. The number of amides is 2. The van der Waals surface area contributed by atoms with Gasteiger partial charge in [0, 0.05) is 13.1 Å². The van der Waals surface area contributed by atoms with Crippen molar-refractivity contribution in [2.45, 2.75) is 57.7 Å². The van der Waals surface area contributed by atoms with Crippen LogP contribution in [-0.2, 0) is 31.0 Å². The summed E-state index contributed by atoms with van der Waals surface area (Å²) in [5, 5.41) is 8.42. The van der Waals surface area contributed by atoms with Gasteiger partial charge < -0.3 is 20.7 Å². The number of carbonyl (C=O) groups is 3. The average molecular weight is 585 g/mol. The lowest BCUT2D eigenvalue weighted by Gasteiger charge is -2.25. The summed E-state index contributed by atoms with van der Waals surface area (Å²) < 4.78 is 33.1. The number of allylic oxidation sites excluding steroid dienone is 1. The third-order valence-electron chi connectivity index (χ3n) is 6.38. The Bertz CT molecular complexity index is 1330. The van der Waals surface area contributed by atoms with Crippen LogP contribution in [0.25, 0.3) is 0 Å². The molecule has 222 valence electrons. The van der Waals surface area contributed by atoms with E-state index in [1.165, 1.54) is 6.07 Å². The number of anilines is 1. The highest BCUT2D eigenvalue weighted by atomic mass is 32.2. The highest BCUT2D eigenvalue weighted by molar-refractivity contribution is 7.89. The van der Waals surface area contributed by atoms with E-state index in [1.54, 1.807) is 30.4 Å². The van der Waals surface area contributed by atoms with Gasteiger partial charge in [-0.1, -0.05) is 82.3 Å². The van der Waals surface area contributed by atoms with E-state index in [-0.39, 0.29) is 29.9 Å². The lowest BCUT2D eigenvalue weighted by Crippen LogP contribution is -2.53. The molecule has 0 saturated carbocycles. The number of sulfonamides is 1. The lowest BCUT2D eigenvalue weighted by molar-refractivity contribution is -0.128. The van der Waals surface area contributed by atoms with E-state index in [4.69, 9.17) is 4.74 Å². The SMILES string of the molecule is CC(C)/C=C/C(NC(=O)OCc1ccccc1)C(=O)N[C@@H](CC(C)C)C(=O)CN1CCNc2ccccc2S1(=O)=O. The monoisotopic (exact) mass is 584 g/mol. The molecule has 3 rings (SSSR count). The molecule has 1 aliphatic heterocycles. The summed E-state index contributed by atoms with van der Waals surface area (Å²) in [7, 11) is -3.93.